The van der Waals surface area contributed by atoms with Crippen molar-refractivity contribution in [2.24, 2.45) is 22.2 Å². The van der Waals surface area contributed by atoms with Crippen molar-refractivity contribution in [3.05, 3.63) is 88.1 Å². The molecule has 2 fully saturated rings. The van der Waals surface area contributed by atoms with Crippen LogP contribution in [0.4, 0.5) is 0 Å². The van der Waals surface area contributed by atoms with Crippen molar-refractivity contribution in [2.75, 3.05) is 0 Å². The minimum absolute atomic E-state index is 0.0164. The highest BCUT2D eigenvalue weighted by Gasteiger charge is 2.73. The summed E-state index contributed by atoms with van der Waals surface area (Å²) in [5.74, 6) is -3.37. The molecule has 2 aliphatic rings. The van der Waals surface area contributed by atoms with E-state index in [-0.39, 0.29) is 36.5 Å². The normalized spacial score (nSPS) is 24.8. The molecule has 6 nitrogen and oxygen atoms in total. The average molecular weight is 671 g/mol. The maximum absolute atomic E-state index is 15.2. The van der Waals surface area contributed by atoms with Gasteiger partial charge in [-0.05, 0) is 136 Å². The lowest BCUT2D eigenvalue weighted by Gasteiger charge is -2.60. The van der Waals surface area contributed by atoms with Gasteiger partial charge in [0.1, 0.15) is 16.7 Å². The molecule has 49 heavy (non-hydrogen) atoms. The fourth-order valence-corrected chi connectivity index (χ4v) is 7.60. The average Bonchev–Trinajstić information content (AvgIpc) is 3.00. The summed E-state index contributed by atoms with van der Waals surface area (Å²) in [6.07, 6.45) is 13.8. The number of aromatic hydroxyl groups is 2. The Morgan fingerprint density at radius 1 is 0.816 bits per heavy atom. The Labute approximate surface area is 294 Å². The van der Waals surface area contributed by atoms with Crippen LogP contribution in [0.2, 0.25) is 0 Å². The van der Waals surface area contributed by atoms with E-state index in [1.807, 2.05) is 53.7 Å². The van der Waals surface area contributed by atoms with Crippen LogP contribution in [-0.4, -0.2) is 32.7 Å². The number of ketones is 3. The number of aliphatic hydroxyl groups is 1. The fraction of sp³-hybridized carbons (Fsp3) is 0.512. The molecule has 0 aromatic heterocycles. The third-order valence-electron chi connectivity index (χ3n) is 10.9. The first-order valence-electron chi connectivity index (χ1n) is 17.6. The number of phenols is 2. The molecule has 2 aliphatic carbocycles. The van der Waals surface area contributed by atoms with E-state index in [0.717, 1.165) is 54.9 Å². The molecule has 3 N–H and O–H groups in total. The topological polar surface area (TPSA) is 112 Å². The second-order valence-electron chi connectivity index (χ2n) is 15.7. The molecule has 1 aromatic rings. The number of hydrogen-bond acceptors (Lipinski definition) is 6. The molecule has 266 valence electrons. The van der Waals surface area contributed by atoms with Crippen LogP contribution in [-0.2, 0) is 14.4 Å². The number of benzene rings is 1. The number of fused-ring (bicyclic) bond motifs is 2. The van der Waals surface area contributed by atoms with Gasteiger partial charge < -0.3 is 15.3 Å². The van der Waals surface area contributed by atoms with Crippen LogP contribution < -0.4 is 0 Å². The summed E-state index contributed by atoms with van der Waals surface area (Å²) in [5, 5.41) is 31.9. The van der Waals surface area contributed by atoms with Crippen LogP contribution in [0.15, 0.2) is 82.5 Å². The summed E-state index contributed by atoms with van der Waals surface area (Å²) in [6, 6.07) is 3.67. The Morgan fingerprint density at radius 2 is 1.45 bits per heavy atom. The van der Waals surface area contributed by atoms with Gasteiger partial charge in [-0.1, -0.05) is 66.0 Å². The van der Waals surface area contributed by atoms with E-state index in [9.17, 15) is 20.1 Å². The molecule has 1 aromatic carbocycles. The Hall–Kier alpha value is -3.93. The quantitative estimate of drug-likeness (QED) is 0.0453. The minimum Gasteiger partial charge on any atom is -0.506 e. The van der Waals surface area contributed by atoms with E-state index in [4.69, 9.17) is 0 Å². The molecule has 3 rings (SSSR count). The zero-order valence-electron chi connectivity index (χ0n) is 31.3. The number of carbonyl (C=O) groups excluding carboxylic acids is 3. The van der Waals surface area contributed by atoms with Gasteiger partial charge in [0, 0.05) is 5.56 Å². The lowest BCUT2D eigenvalue weighted by Crippen LogP contribution is -2.69. The molecular formula is C43H58O6. The van der Waals surface area contributed by atoms with Gasteiger partial charge in [0.25, 0.3) is 0 Å². The van der Waals surface area contributed by atoms with E-state index in [1.165, 1.54) is 23.3 Å². The van der Waals surface area contributed by atoms with Crippen molar-refractivity contribution in [3.63, 3.8) is 0 Å². The lowest BCUT2D eigenvalue weighted by atomic mass is 9.38. The highest BCUT2D eigenvalue weighted by Crippen LogP contribution is 2.65. The highest BCUT2D eigenvalue weighted by atomic mass is 16.3. The van der Waals surface area contributed by atoms with Crippen LogP contribution in [0.1, 0.15) is 126 Å². The predicted molar refractivity (Wildman–Crippen MR) is 199 cm³/mol. The monoisotopic (exact) mass is 670 g/mol. The van der Waals surface area contributed by atoms with Crippen molar-refractivity contribution < 1.29 is 29.7 Å². The largest absolute Gasteiger partial charge is 0.506 e. The fourth-order valence-electron chi connectivity index (χ4n) is 7.60. The second kappa shape index (κ2) is 15.7. The maximum Gasteiger partial charge on any atom is 0.184 e. The van der Waals surface area contributed by atoms with Crippen molar-refractivity contribution in [1.29, 1.82) is 0 Å². The van der Waals surface area contributed by atoms with Gasteiger partial charge in [-0.15, -0.1) is 6.58 Å². The Balaban J connectivity index is 2.31. The van der Waals surface area contributed by atoms with Gasteiger partial charge in [-0.3, -0.25) is 14.4 Å². The van der Waals surface area contributed by atoms with Crippen molar-refractivity contribution in [2.45, 2.75) is 120 Å². The van der Waals surface area contributed by atoms with Crippen LogP contribution in [0.5, 0.6) is 11.5 Å². The number of phenolic OH excluding ortho intramolecular Hbond substituents is 2. The molecule has 0 radical (unpaired) electrons. The van der Waals surface area contributed by atoms with Crippen LogP contribution in [0.25, 0.3) is 5.76 Å². The summed E-state index contributed by atoms with van der Waals surface area (Å²) in [7, 11) is 0. The van der Waals surface area contributed by atoms with E-state index >= 15 is 9.59 Å². The third-order valence-corrected chi connectivity index (χ3v) is 10.9. The first kappa shape index (κ1) is 39.5. The first-order valence-corrected chi connectivity index (χ1v) is 17.6. The number of allylic oxidation sites excluding steroid dienone is 10. The molecule has 0 saturated heterocycles. The van der Waals surface area contributed by atoms with E-state index in [2.05, 4.69) is 39.5 Å². The maximum atomic E-state index is 15.2. The Morgan fingerprint density at radius 3 is 2.04 bits per heavy atom. The van der Waals surface area contributed by atoms with Crippen LogP contribution in [0.3, 0.4) is 0 Å². The molecule has 0 amide bonds. The number of hydrogen-bond donors (Lipinski definition) is 3. The molecule has 0 heterocycles. The number of aliphatic hydroxyl groups excluding tert-OH is 1. The Bertz CT molecular complexity index is 1640. The summed E-state index contributed by atoms with van der Waals surface area (Å²) >= 11 is 0. The van der Waals surface area contributed by atoms with Gasteiger partial charge in [-0.25, -0.2) is 0 Å². The van der Waals surface area contributed by atoms with Gasteiger partial charge in [0.05, 0.1) is 5.41 Å². The van der Waals surface area contributed by atoms with E-state index < -0.39 is 50.6 Å². The summed E-state index contributed by atoms with van der Waals surface area (Å²) in [6.45, 7) is 22.1. The van der Waals surface area contributed by atoms with E-state index in [0.29, 0.717) is 6.42 Å². The van der Waals surface area contributed by atoms with Crippen LogP contribution >= 0.6 is 0 Å². The molecule has 0 spiro atoms. The molecule has 0 aliphatic heterocycles. The van der Waals surface area contributed by atoms with Crippen molar-refractivity contribution in [3.8, 4) is 11.5 Å². The molecule has 2 saturated carbocycles. The zero-order chi connectivity index (χ0) is 36.9. The Kier molecular flexibility index (Phi) is 12.7. The van der Waals surface area contributed by atoms with Crippen LogP contribution in [0, 0.1) is 22.2 Å². The second-order valence-corrected chi connectivity index (χ2v) is 15.7. The smallest absolute Gasteiger partial charge is 0.184 e. The number of carbonyl (C=O) groups is 3. The molecular weight excluding hydrogens is 612 g/mol. The lowest BCUT2D eigenvalue weighted by molar-refractivity contribution is -0.176. The van der Waals surface area contributed by atoms with Crippen molar-refractivity contribution in [1.82, 2.24) is 0 Å². The summed E-state index contributed by atoms with van der Waals surface area (Å²) < 4.78 is 0. The molecule has 3 atom stereocenters. The standard InChI is InChI=1S/C43H58O6/c1-27(2)13-11-15-30(7)17-19-33-26-42(23-21-29(5)6)38(47)36(37(46)32-18-20-34(44)35(45)25-32)39(48)43(40(42)49,41(33,9)10)24-22-31(8)16-12-14-28(3)4/h13,17-18,20-22,25,33,44-46H,3,11-12,14-16,19,23-24,26H2,1-2,4-10H3/b30-17+,31-22+,37-36?/t33-,42-,43+/m0/s1. The summed E-state index contributed by atoms with van der Waals surface area (Å²) in [5.41, 5.74) is 1.13. The minimum atomic E-state index is -1.62. The first-order chi connectivity index (χ1) is 22.8. The highest BCUT2D eigenvalue weighted by molar-refractivity contribution is 6.41. The van der Waals surface area contributed by atoms with Gasteiger partial charge in [-0.2, -0.15) is 0 Å². The summed E-state index contributed by atoms with van der Waals surface area (Å²) in [4.78, 5) is 45.1. The van der Waals surface area contributed by atoms with Gasteiger partial charge in [0.2, 0.25) is 0 Å². The molecule has 2 bridgehead atoms. The third kappa shape index (κ3) is 8.11. The zero-order valence-corrected chi connectivity index (χ0v) is 31.3. The van der Waals surface area contributed by atoms with Gasteiger partial charge >= 0.3 is 0 Å². The number of Topliss-reactive ketones (excluding diaryl/α,β-unsaturated/α-hetero) is 3. The number of rotatable bonds is 14. The van der Waals surface area contributed by atoms with Gasteiger partial charge in [0.15, 0.2) is 28.8 Å². The predicted octanol–water partition coefficient (Wildman–Crippen LogP) is 10.6. The van der Waals surface area contributed by atoms with E-state index in [1.54, 1.807) is 0 Å². The molecule has 0 unspecified atom stereocenters. The SMILES string of the molecule is C=C(C)CCC/C(C)=C/C[C@]12C(=O)C(=C(O)c3ccc(O)c(O)c3)C(=O)[C@](CC=C(C)C)(C[C@H](C/C=C(\C)CCC=C(C)C)C1(C)C)C2=O. The van der Waals surface area contributed by atoms with Crippen molar-refractivity contribution >= 4 is 23.1 Å². The molecule has 6 heteroatoms.